The van der Waals surface area contributed by atoms with E-state index in [1.54, 1.807) is 0 Å². The molecule has 2 aromatic rings. The van der Waals surface area contributed by atoms with Gasteiger partial charge >= 0.3 is 0 Å². The van der Waals surface area contributed by atoms with Gasteiger partial charge < -0.3 is 10.1 Å². The van der Waals surface area contributed by atoms with Gasteiger partial charge in [0.05, 0.1) is 12.8 Å². The lowest BCUT2D eigenvalue weighted by Gasteiger charge is -2.14. The summed E-state index contributed by atoms with van der Waals surface area (Å²) in [4.78, 5) is 0. The molecule has 4 nitrogen and oxygen atoms in total. The summed E-state index contributed by atoms with van der Waals surface area (Å²) in [7, 11) is 1.97. The minimum absolute atomic E-state index is 0.277. The second kappa shape index (κ2) is 6.57. The molecule has 0 bridgehead atoms. The largest absolute Gasteiger partial charge is 0.494 e. The van der Waals surface area contributed by atoms with Gasteiger partial charge in [-0.3, -0.25) is 4.68 Å². The van der Waals surface area contributed by atoms with E-state index in [2.05, 4.69) is 36.4 Å². The molecule has 4 heteroatoms. The fourth-order valence-corrected chi connectivity index (χ4v) is 2.23. The van der Waals surface area contributed by atoms with Crippen molar-refractivity contribution in [2.45, 2.75) is 33.4 Å². The first-order valence-corrected chi connectivity index (χ1v) is 7.05. The lowest BCUT2D eigenvalue weighted by atomic mass is 10.1. The summed E-state index contributed by atoms with van der Waals surface area (Å²) in [5.74, 6) is 0.928. The lowest BCUT2D eigenvalue weighted by molar-refractivity contribution is 0.339. The number of nitrogens with one attached hydrogen (secondary N) is 1. The molecule has 2 rings (SSSR count). The molecule has 0 spiro atoms. The van der Waals surface area contributed by atoms with Gasteiger partial charge in [0.1, 0.15) is 5.75 Å². The third-order valence-corrected chi connectivity index (χ3v) is 3.56. The average molecular weight is 273 g/mol. The topological polar surface area (TPSA) is 39.1 Å². The Morgan fingerprint density at radius 3 is 2.85 bits per heavy atom. The maximum Gasteiger partial charge on any atom is 0.119 e. The van der Waals surface area contributed by atoms with E-state index >= 15 is 0 Å². The van der Waals surface area contributed by atoms with Gasteiger partial charge in [-0.1, -0.05) is 12.1 Å². The van der Waals surface area contributed by atoms with Gasteiger partial charge in [0, 0.05) is 30.9 Å². The molecule has 1 N–H and O–H groups in total. The van der Waals surface area contributed by atoms with Crippen LogP contribution in [-0.2, 0) is 13.6 Å². The van der Waals surface area contributed by atoms with Gasteiger partial charge in [-0.25, -0.2) is 0 Å². The smallest absolute Gasteiger partial charge is 0.119 e. The van der Waals surface area contributed by atoms with E-state index < -0.39 is 0 Å². The molecule has 0 saturated heterocycles. The molecule has 0 saturated carbocycles. The molecule has 1 atom stereocenters. The van der Waals surface area contributed by atoms with Crippen LogP contribution < -0.4 is 10.1 Å². The molecule has 0 aliphatic heterocycles. The van der Waals surface area contributed by atoms with Crippen LogP contribution in [0.25, 0.3) is 0 Å². The summed E-state index contributed by atoms with van der Waals surface area (Å²) < 4.78 is 7.43. The number of ether oxygens (including phenoxy) is 1. The van der Waals surface area contributed by atoms with Crippen molar-refractivity contribution in [3.05, 3.63) is 47.3 Å². The van der Waals surface area contributed by atoms with Crippen LogP contribution in [0.15, 0.2) is 30.5 Å². The molecule has 0 amide bonds. The average Bonchev–Trinajstić information content (AvgIpc) is 2.77. The maximum atomic E-state index is 5.52. The van der Waals surface area contributed by atoms with Gasteiger partial charge in [0.25, 0.3) is 0 Å². The fourth-order valence-electron chi connectivity index (χ4n) is 2.23. The minimum atomic E-state index is 0.277. The van der Waals surface area contributed by atoms with E-state index in [-0.39, 0.29) is 6.04 Å². The van der Waals surface area contributed by atoms with Crippen molar-refractivity contribution < 1.29 is 4.74 Å². The molecule has 1 unspecified atom stereocenters. The highest BCUT2D eigenvalue weighted by atomic mass is 16.5. The van der Waals surface area contributed by atoms with Crippen molar-refractivity contribution in [2.24, 2.45) is 7.05 Å². The second-order valence-electron chi connectivity index (χ2n) is 4.99. The number of hydrogen-bond acceptors (Lipinski definition) is 3. The molecule has 108 valence electrons. The molecule has 0 aliphatic rings. The van der Waals surface area contributed by atoms with Gasteiger partial charge in [0.15, 0.2) is 0 Å². The van der Waals surface area contributed by atoms with Crippen LogP contribution >= 0.6 is 0 Å². The summed E-state index contributed by atoms with van der Waals surface area (Å²) in [5, 5.41) is 7.82. The van der Waals surface area contributed by atoms with E-state index in [1.807, 2.05) is 37.0 Å². The second-order valence-corrected chi connectivity index (χ2v) is 4.99. The lowest BCUT2D eigenvalue weighted by Crippen LogP contribution is -2.18. The van der Waals surface area contributed by atoms with Gasteiger partial charge in [-0.2, -0.15) is 5.10 Å². The SMILES string of the molecule is CCOc1cccc(CNC(C)c2cnn(C)c2C)c1. The maximum absolute atomic E-state index is 5.52. The van der Waals surface area contributed by atoms with Crippen molar-refractivity contribution in [3.63, 3.8) is 0 Å². The monoisotopic (exact) mass is 273 g/mol. The van der Waals surface area contributed by atoms with Crippen molar-refractivity contribution in [2.75, 3.05) is 6.61 Å². The zero-order valence-electron chi connectivity index (χ0n) is 12.7. The molecule has 1 aromatic heterocycles. The number of hydrogen-bond donors (Lipinski definition) is 1. The third kappa shape index (κ3) is 3.39. The number of rotatable bonds is 6. The standard InChI is InChI=1S/C16H23N3O/c1-5-20-15-8-6-7-14(9-15)10-17-12(2)16-11-18-19(4)13(16)3/h6-9,11-12,17H,5,10H2,1-4H3. The van der Waals surface area contributed by atoms with E-state index in [9.17, 15) is 0 Å². The first kappa shape index (κ1) is 14.6. The first-order chi connectivity index (χ1) is 9.61. The molecule has 20 heavy (non-hydrogen) atoms. The Morgan fingerprint density at radius 2 is 2.20 bits per heavy atom. The third-order valence-electron chi connectivity index (χ3n) is 3.56. The van der Waals surface area contributed by atoms with E-state index in [0.29, 0.717) is 6.61 Å². The molecule has 1 aromatic carbocycles. The Hall–Kier alpha value is -1.81. The van der Waals surface area contributed by atoms with Crippen LogP contribution in [-0.4, -0.2) is 16.4 Å². The summed E-state index contributed by atoms with van der Waals surface area (Å²) >= 11 is 0. The van der Waals surface area contributed by atoms with Crippen LogP contribution in [0.4, 0.5) is 0 Å². The number of nitrogens with zero attached hydrogens (tertiary/aromatic N) is 2. The molecule has 1 heterocycles. The van der Waals surface area contributed by atoms with Crippen LogP contribution in [0.3, 0.4) is 0 Å². The molecule has 0 aliphatic carbocycles. The number of aromatic nitrogens is 2. The van der Waals surface area contributed by atoms with Crippen molar-refractivity contribution in [3.8, 4) is 5.75 Å². The Bertz CT molecular complexity index is 563. The molecule has 0 radical (unpaired) electrons. The highest BCUT2D eigenvalue weighted by Crippen LogP contribution is 2.18. The van der Waals surface area contributed by atoms with Gasteiger partial charge in [-0.15, -0.1) is 0 Å². The Labute approximate surface area is 120 Å². The first-order valence-electron chi connectivity index (χ1n) is 7.05. The Kier molecular flexibility index (Phi) is 4.79. The van der Waals surface area contributed by atoms with Crippen LogP contribution in [0.5, 0.6) is 5.75 Å². The molecular formula is C16H23N3O. The van der Waals surface area contributed by atoms with E-state index in [1.165, 1.54) is 16.8 Å². The van der Waals surface area contributed by atoms with E-state index in [4.69, 9.17) is 4.74 Å². The van der Waals surface area contributed by atoms with Crippen molar-refractivity contribution in [1.29, 1.82) is 0 Å². The highest BCUT2D eigenvalue weighted by molar-refractivity contribution is 5.28. The van der Waals surface area contributed by atoms with Gasteiger partial charge in [0.2, 0.25) is 0 Å². The van der Waals surface area contributed by atoms with E-state index in [0.717, 1.165) is 12.3 Å². The molecule has 0 fully saturated rings. The zero-order chi connectivity index (χ0) is 14.5. The highest BCUT2D eigenvalue weighted by Gasteiger charge is 2.11. The Morgan fingerprint density at radius 1 is 1.40 bits per heavy atom. The van der Waals surface area contributed by atoms with Crippen molar-refractivity contribution >= 4 is 0 Å². The van der Waals surface area contributed by atoms with Gasteiger partial charge in [-0.05, 0) is 38.5 Å². The zero-order valence-corrected chi connectivity index (χ0v) is 12.7. The molecular weight excluding hydrogens is 250 g/mol. The van der Waals surface area contributed by atoms with Crippen LogP contribution in [0, 0.1) is 6.92 Å². The number of aryl methyl sites for hydroxylation is 1. The predicted molar refractivity (Wildman–Crippen MR) is 80.8 cm³/mol. The summed E-state index contributed by atoms with van der Waals surface area (Å²) in [6.07, 6.45) is 1.93. The summed E-state index contributed by atoms with van der Waals surface area (Å²) in [6.45, 7) is 7.77. The van der Waals surface area contributed by atoms with Crippen molar-refractivity contribution in [1.82, 2.24) is 15.1 Å². The predicted octanol–water partition coefficient (Wildman–Crippen LogP) is 2.98. The minimum Gasteiger partial charge on any atom is -0.494 e. The fraction of sp³-hybridized carbons (Fsp3) is 0.438. The number of benzene rings is 1. The quantitative estimate of drug-likeness (QED) is 0.879. The van der Waals surface area contributed by atoms with Crippen LogP contribution in [0.2, 0.25) is 0 Å². The Balaban J connectivity index is 1.98. The normalized spacial score (nSPS) is 12.4. The van der Waals surface area contributed by atoms with Crippen LogP contribution in [0.1, 0.15) is 36.7 Å². The summed E-state index contributed by atoms with van der Waals surface area (Å²) in [6, 6.07) is 8.49. The summed E-state index contributed by atoms with van der Waals surface area (Å²) in [5.41, 5.74) is 3.67.